The molecule has 1 amide bonds. The van der Waals surface area contributed by atoms with Gasteiger partial charge in [-0.2, -0.15) is 5.10 Å². The van der Waals surface area contributed by atoms with Crippen LogP contribution in [0.2, 0.25) is 0 Å². The van der Waals surface area contributed by atoms with Gasteiger partial charge in [-0.15, -0.1) is 0 Å². The molecule has 6 heteroatoms. The summed E-state index contributed by atoms with van der Waals surface area (Å²) in [5.41, 5.74) is 1.11. The number of rotatable bonds is 6. The first-order valence-corrected chi connectivity index (χ1v) is 7.11. The van der Waals surface area contributed by atoms with Crippen LogP contribution in [0.3, 0.4) is 0 Å². The summed E-state index contributed by atoms with van der Waals surface area (Å²) >= 11 is 0. The topological polar surface area (TPSA) is 67.5 Å². The zero-order valence-corrected chi connectivity index (χ0v) is 12.2. The Hall–Kier alpha value is -1.40. The number of nitrogens with one attached hydrogen (secondary N) is 1. The summed E-state index contributed by atoms with van der Waals surface area (Å²) in [6.07, 6.45) is 3.45. The van der Waals surface area contributed by atoms with E-state index in [1.807, 2.05) is 11.0 Å². The van der Waals surface area contributed by atoms with E-state index in [1.54, 1.807) is 20.2 Å². The highest BCUT2D eigenvalue weighted by Crippen LogP contribution is 2.25. The van der Waals surface area contributed by atoms with Crippen molar-refractivity contribution in [3.8, 4) is 0 Å². The van der Waals surface area contributed by atoms with E-state index in [0.717, 1.165) is 31.6 Å². The first-order valence-electron chi connectivity index (χ1n) is 7.11. The highest BCUT2D eigenvalue weighted by Gasteiger charge is 2.28. The molecule has 20 heavy (non-hydrogen) atoms. The van der Waals surface area contributed by atoms with Crippen molar-refractivity contribution in [2.75, 3.05) is 33.4 Å². The van der Waals surface area contributed by atoms with Crippen molar-refractivity contribution in [2.45, 2.75) is 31.8 Å². The van der Waals surface area contributed by atoms with Crippen LogP contribution in [0, 0.1) is 0 Å². The summed E-state index contributed by atoms with van der Waals surface area (Å²) in [7, 11) is 1.62. The van der Waals surface area contributed by atoms with Gasteiger partial charge in [-0.05, 0) is 25.8 Å². The number of likely N-dealkylation sites (tertiary alicyclic amines) is 1. The maximum absolute atomic E-state index is 12.3. The van der Waals surface area contributed by atoms with Crippen molar-refractivity contribution in [3.63, 3.8) is 0 Å². The number of H-pyrrole nitrogens is 1. The molecule has 1 aromatic rings. The fourth-order valence-corrected chi connectivity index (χ4v) is 2.56. The lowest BCUT2D eigenvalue weighted by molar-refractivity contribution is -0.144. The van der Waals surface area contributed by atoms with Crippen LogP contribution >= 0.6 is 0 Å². The molecule has 1 saturated heterocycles. The number of ether oxygens (including phenoxy) is 2. The molecule has 112 valence electrons. The summed E-state index contributed by atoms with van der Waals surface area (Å²) in [6, 6.07) is 1.98. The molecule has 1 aromatic heterocycles. The number of methoxy groups -OCH3 is 1. The SMILES string of the molecule is COCCO[C@H](C)C(=O)N1CCC[C@@H](c2ccn[nH]2)C1. The number of piperidine rings is 1. The Morgan fingerprint density at radius 3 is 3.15 bits per heavy atom. The van der Waals surface area contributed by atoms with E-state index < -0.39 is 6.10 Å². The third-order valence-corrected chi connectivity index (χ3v) is 3.70. The molecule has 0 bridgehead atoms. The number of aromatic amines is 1. The Labute approximate surface area is 119 Å². The second-order valence-corrected chi connectivity index (χ2v) is 5.14. The highest BCUT2D eigenvalue weighted by molar-refractivity contribution is 5.80. The molecule has 0 aromatic carbocycles. The molecule has 0 spiro atoms. The maximum atomic E-state index is 12.3. The lowest BCUT2D eigenvalue weighted by Crippen LogP contribution is -2.44. The third-order valence-electron chi connectivity index (χ3n) is 3.70. The van der Waals surface area contributed by atoms with Gasteiger partial charge in [-0.1, -0.05) is 0 Å². The van der Waals surface area contributed by atoms with Crippen molar-refractivity contribution < 1.29 is 14.3 Å². The molecule has 6 nitrogen and oxygen atoms in total. The average Bonchev–Trinajstić information content (AvgIpc) is 3.01. The van der Waals surface area contributed by atoms with Gasteiger partial charge in [0.15, 0.2) is 0 Å². The molecule has 0 saturated carbocycles. The number of aromatic nitrogens is 2. The lowest BCUT2D eigenvalue weighted by Gasteiger charge is -2.33. The van der Waals surface area contributed by atoms with Crippen LogP contribution in [0.25, 0.3) is 0 Å². The Morgan fingerprint density at radius 2 is 2.45 bits per heavy atom. The molecular formula is C14H23N3O3. The minimum absolute atomic E-state index is 0.0605. The van der Waals surface area contributed by atoms with Gasteiger partial charge in [0.05, 0.1) is 13.2 Å². The summed E-state index contributed by atoms with van der Waals surface area (Å²) in [5, 5.41) is 6.99. The summed E-state index contributed by atoms with van der Waals surface area (Å²) in [5.74, 6) is 0.409. The zero-order chi connectivity index (χ0) is 14.4. The van der Waals surface area contributed by atoms with Gasteiger partial charge in [0, 0.05) is 38.0 Å². The molecular weight excluding hydrogens is 258 g/mol. The van der Waals surface area contributed by atoms with Gasteiger partial charge in [-0.3, -0.25) is 9.89 Å². The van der Waals surface area contributed by atoms with Crippen molar-refractivity contribution in [1.82, 2.24) is 15.1 Å². The van der Waals surface area contributed by atoms with Crippen LogP contribution in [-0.2, 0) is 14.3 Å². The molecule has 1 N–H and O–H groups in total. The van der Waals surface area contributed by atoms with Crippen LogP contribution in [0.15, 0.2) is 12.3 Å². The molecule has 1 fully saturated rings. The largest absolute Gasteiger partial charge is 0.382 e. The Balaban J connectivity index is 1.86. The van der Waals surface area contributed by atoms with Crippen LogP contribution in [0.1, 0.15) is 31.4 Å². The van der Waals surface area contributed by atoms with Gasteiger partial charge >= 0.3 is 0 Å². The van der Waals surface area contributed by atoms with E-state index in [0.29, 0.717) is 19.1 Å². The second-order valence-electron chi connectivity index (χ2n) is 5.14. The van der Waals surface area contributed by atoms with Crippen LogP contribution in [0.4, 0.5) is 0 Å². The van der Waals surface area contributed by atoms with Gasteiger partial charge in [0.2, 0.25) is 0 Å². The minimum Gasteiger partial charge on any atom is -0.382 e. The van der Waals surface area contributed by atoms with Crippen LogP contribution < -0.4 is 0 Å². The summed E-state index contributed by atoms with van der Waals surface area (Å²) in [4.78, 5) is 14.2. The van der Waals surface area contributed by atoms with Gasteiger partial charge in [0.25, 0.3) is 5.91 Å². The number of nitrogens with zero attached hydrogens (tertiary/aromatic N) is 2. The van der Waals surface area contributed by atoms with E-state index in [9.17, 15) is 4.79 Å². The molecule has 1 aliphatic rings. The number of hydrogen-bond acceptors (Lipinski definition) is 4. The third kappa shape index (κ3) is 3.80. The summed E-state index contributed by atoms with van der Waals surface area (Å²) < 4.78 is 10.4. The van der Waals surface area contributed by atoms with Gasteiger partial charge in [-0.25, -0.2) is 0 Å². The standard InChI is InChI=1S/C14H23N3O3/c1-11(20-9-8-19-2)14(18)17-7-3-4-12(10-17)13-5-6-15-16-13/h5-6,11-12H,3-4,7-10H2,1-2H3,(H,15,16)/t11-,12-/m1/s1. The van der Waals surface area contributed by atoms with Crippen molar-refractivity contribution >= 4 is 5.91 Å². The lowest BCUT2D eigenvalue weighted by atomic mass is 9.94. The van der Waals surface area contributed by atoms with E-state index in [1.165, 1.54) is 0 Å². The maximum Gasteiger partial charge on any atom is 0.251 e. The molecule has 2 atom stereocenters. The van der Waals surface area contributed by atoms with Gasteiger partial charge in [0.1, 0.15) is 6.10 Å². The molecule has 2 rings (SSSR count). The van der Waals surface area contributed by atoms with Crippen molar-refractivity contribution in [1.29, 1.82) is 0 Å². The fraction of sp³-hybridized carbons (Fsp3) is 0.714. The zero-order valence-electron chi connectivity index (χ0n) is 12.2. The number of hydrogen-bond donors (Lipinski definition) is 1. The monoisotopic (exact) mass is 281 g/mol. The average molecular weight is 281 g/mol. The first-order chi connectivity index (χ1) is 9.72. The van der Waals surface area contributed by atoms with Crippen molar-refractivity contribution in [3.05, 3.63) is 18.0 Å². The Bertz CT molecular complexity index is 408. The van der Waals surface area contributed by atoms with Gasteiger partial charge < -0.3 is 14.4 Å². The smallest absolute Gasteiger partial charge is 0.251 e. The molecule has 1 aliphatic heterocycles. The first kappa shape index (κ1) is 15.0. The Kier molecular flexibility index (Phi) is 5.55. The minimum atomic E-state index is -0.411. The summed E-state index contributed by atoms with van der Waals surface area (Å²) in [6.45, 7) is 4.30. The molecule has 0 aliphatic carbocycles. The van der Waals surface area contributed by atoms with E-state index in [4.69, 9.17) is 9.47 Å². The normalized spacial score (nSPS) is 20.9. The quantitative estimate of drug-likeness (QED) is 0.795. The molecule has 2 heterocycles. The highest BCUT2D eigenvalue weighted by atomic mass is 16.5. The van der Waals surface area contributed by atoms with E-state index in [-0.39, 0.29) is 5.91 Å². The molecule has 0 radical (unpaired) electrons. The number of carbonyl (C=O) groups is 1. The van der Waals surface area contributed by atoms with E-state index >= 15 is 0 Å². The van der Waals surface area contributed by atoms with Crippen LogP contribution in [-0.4, -0.2) is 60.5 Å². The van der Waals surface area contributed by atoms with Crippen molar-refractivity contribution in [2.24, 2.45) is 0 Å². The fourth-order valence-electron chi connectivity index (χ4n) is 2.56. The molecule has 0 unspecified atom stereocenters. The predicted octanol–water partition coefficient (Wildman–Crippen LogP) is 1.17. The van der Waals surface area contributed by atoms with E-state index in [2.05, 4.69) is 10.2 Å². The number of carbonyl (C=O) groups excluding carboxylic acids is 1. The predicted molar refractivity (Wildman–Crippen MR) is 74.4 cm³/mol. The number of amides is 1. The Morgan fingerprint density at radius 1 is 1.60 bits per heavy atom. The second kappa shape index (κ2) is 7.40. The van der Waals surface area contributed by atoms with Crippen LogP contribution in [0.5, 0.6) is 0 Å².